The second-order valence-corrected chi connectivity index (χ2v) is 6.37. The molecule has 1 aliphatic carbocycles. The van der Waals surface area contributed by atoms with Gasteiger partial charge in [-0.2, -0.15) is 0 Å². The van der Waals surface area contributed by atoms with Crippen LogP contribution in [0, 0.1) is 25.6 Å². The Bertz CT molecular complexity index is 783. The monoisotopic (exact) mass is 348 g/mol. The number of aliphatic hydroxyl groups excluding tert-OH is 1. The smallest absolute Gasteiger partial charge is 0.289 e. The van der Waals surface area contributed by atoms with Crippen molar-refractivity contribution in [2.75, 3.05) is 7.11 Å². The molecule has 1 heterocycles. The molecule has 1 aromatic heterocycles. The normalized spacial score (nSPS) is 20.7. The summed E-state index contributed by atoms with van der Waals surface area (Å²) in [6.45, 7) is 3.36. The van der Waals surface area contributed by atoms with E-state index in [0.29, 0.717) is 35.7 Å². The topological polar surface area (TPSA) is 84.6 Å². The van der Waals surface area contributed by atoms with Crippen molar-refractivity contribution >= 4 is 5.91 Å². The van der Waals surface area contributed by atoms with Gasteiger partial charge in [-0.3, -0.25) is 4.79 Å². The number of amides is 1. The lowest BCUT2D eigenvalue weighted by molar-refractivity contribution is 0.0228. The molecular formula is C18H21FN2O4. The molecule has 1 aromatic carbocycles. The molecule has 0 bridgehead atoms. The third kappa shape index (κ3) is 3.51. The summed E-state index contributed by atoms with van der Waals surface area (Å²) < 4.78 is 24.5. The molecule has 1 saturated carbocycles. The summed E-state index contributed by atoms with van der Waals surface area (Å²) >= 11 is 0. The first-order valence-electron chi connectivity index (χ1n) is 8.15. The first kappa shape index (κ1) is 17.4. The van der Waals surface area contributed by atoms with Gasteiger partial charge in [0.15, 0.2) is 5.89 Å². The summed E-state index contributed by atoms with van der Waals surface area (Å²) in [6.07, 6.45) is 0.649. The van der Waals surface area contributed by atoms with Crippen LogP contribution in [0.15, 0.2) is 22.6 Å². The Labute approximate surface area is 145 Å². The first-order chi connectivity index (χ1) is 11.9. The highest BCUT2D eigenvalue weighted by Crippen LogP contribution is 2.41. The van der Waals surface area contributed by atoms with Crippen LogP contribution in [-0.4, -0.2) is 29.2 Å². The first-order valence-corrected chi connectivity index (χ1v) is 8.15. The fourth-order valence-corrected chi connectivity index (χ4v) is 3.25. The summed E-state index contributed by atoms with van der Waals surface area (Å²) in [5.41, 5.74) is 1.04. The van der Waals surface area contributed by atoms with Crippen LogP contribution in [0.4, 0.5) is 4.39 Å². The zero-order valence-corrected chi connectivity index (χ0v) is 14.4. The van der Waals surface area contributed by atoms with E-state index in [1.165, 1.54) is 25.3 Å². The molecule has 2 N–H and O–H groups in total. The molecule has 1 atom stereocenters. The molecule has 134 valence electrons. The number of rotatable bonds is 5. The number of oxazole rings is 1. The zero-order valence-electron chi connectivity index (χ0n) is 14.4. The summed E-state index contributed by atoms with van der Waals surface area (Å²) in [4.78, 5) is 16.7. The molecule has 0 aliphatic heterocycles. The van der Waals surface area contributed by atoms with E-state index in [1.54, 1.807) is 13.8 Å². The minimum absolute atomic E-state index is 0.0148. The van der Waals surface area contributed by atoms with Gasteiger partial charge in [0.05, 0.1) is 24.9 Å². The van der Waals surface area contributed by atoms with Crippen LogP contribution < -0.4 is 10.1 Å². The van der Waals surface area contributed by atoms with E-state index in [-0.39, 0.29) is 11.7 Å². The van der Waals surface area contributed by atoms with Crippen molar-refractivity contribution in [2.24, 2.45) is 5.92 Å². The maximum Gasteiger partial charge on any atom is 0.289 e. The molecule has 1 amide bonds. The lowest BCUT2D eigenvalue weighted by Gasteiger charge is -2.38. The van der Waals surface area contributed by atoms with Crippen molar-refractivity contribution in [1.29, 1.82) is 0 Å². The van der Waals surface area contributed by atoms with Crippen molar-refractivity contribution in [3.63, 3.8) is 0 Å². The number of nitrogens with zero attached hydrogens (tertiary/aromatic N) is 1. The Hall–Kier alpha value is -2.41. The van der Waals surface area contributed by atoms with E-state index in [1.807, 2.05) is 0 Å². The quantitative estimate of drug-likeness (QED) is 0.868. The van der Waals surface area contributed by atoms with Gasteiger partial charge >= 0.3 is 0 Å². The van der Waals surface area contributed by atoms with Gasteiger partial charge in [0.1, 0.15) is 11.6 Å². The van der Waals surface area contributed by atoms with Crippen molar-refractivity contribution in [3.8, 4) is 5.75 Å². The fraction of sp³-hybridized carbons (Fsp3) is 0.444. The average Bonchev–Trinajstić information content (AvgIpc) is 2.88. The maximum atomic E-state index is 13.8. The summed E-state index contributed by atoms with van der Waals surface area (Å²) in [7, 11) is 1.50. The number of aryl methyl sites for hydroxylation is 2. The van der Waals surface area contributed by atoms with Crippen molar-refractivity contribution in [1.82, 2.24) is 10.3 Å². The Morgan fingerprint density at radius 2 is 2.16 bits per heavy atom. The Balaban J connectivity index is 1.92. The molecule has 1 aliphatic rings. The number of methoxy groups -OCH3 is 1. The molecule has 25 heavy (non-hydrogen) atoms. The molecule has 0 radical (unpaired) electrons. The zero-order chi connectivity index (χ0) is 18.1. The number of carbonyl (C=O) groups is 1. The molecule has 6 nitrogen and oxygen atoms in total. The third-order valence-corrected chi connectivity index (χ3v) is 4.54. The highest BCUT2D eigenvalue weighted by atomic mass is 19.1. The van der Waals surface area contributed by atoms with E-state index in [9.17, 15) is 14.3 Å². The Morgan fingerprint density at radius 1 is 1.44 bits per heavy atom. The van der Waals surface area contributed by atoms with Crippen LogP contribution in [0.3, 0.4) is 0 Å². The number of carbonyl (C=O) groups excluding carboxylic acids is 1. The van der Waals surface area contributed by atoms with E-state index in [0.717, 1.165) is 0 Å². The molecule has 2 aromatic rings. The van der Waals surface area contributed by atoms with Crippen molar-refractivity contribution < 1.29 is 23.4 Å². The van der Waals surface area contributed by atoms with E-state index >= 15 is 0 Å². The predicted octanol–water partition coefficient (Wildman–Crippen LogP) is 2.68. The number of hydrogen-bond acceptors (Lipinski definition) is 5. The lowest BCUT2D eigenvalue weighted by Crippen LogP contribution is -2.41. The standard InChI is InChI=1S/C18H21FN2O4/c1-9-17(25-10(2)20-9)18(23)21-16(11-6-13(22)7-11)14-8-12(19)4-5-15(14)24-3/h4-5,8,11,13,16,22H,6-7H2,1-3H3,(H,21,23). The maximum absolute atomic E-state index is 13.8. The third-order valence-electron chi connectivity index (χ3n) is 4.54. The van der Waals surface area contributed by atoms with Gasteiger partial charge in [0, 0.05) is 12.5 Å². The second-order valence-electron chi connectivity index (χ2n) is 6.37. The average molecular weight is 348 g/mol. The van der Waals surface area contributed by atoms with Gasteiger partial charge in [-0.1, -0.05) is 0 Å². The number of benzene rings is 1. The second kappa shape index (κ2) is 6.84. The molecule has 7 heteroatoms. The van der Waals surface area contributed by atoms with Crippen LogP contribution in [0.5, 0.6) is 5.75 Å². The minimum Gasteiger partial charge on any atom is -0.496 e. The molecule has 3 rings (SSSR count). The SMILES string of the molecule is COc1ccc(F)cc1C(NC(=O)c1oc(C)nc1C)C1CC(O)C1. The summed E-state index contributed by atoms with van der Waals surface area (Å²) in [6, 6.07) is 3.70. The molecule has 0 saturated heterocycles. The van der Waals surface area contributed by atoms with Crippen molar-refractivity contribution in [2.45, 2.75) is 38.8 Å². The highest BCUT2D eigenvalue weighted by Gasteiger charge is 2.37. The van der Waals surface area contributed by atoms with E-state index in [4.69, 9.17) is 9.15 Å². The van der Waals surface area contributed by atoms with Gasteiger partial charge in [0.25, 0.3) is 5.91 Å². The Kier molecular flexibility index (Phi) is 4.76. The highest BCUT2D eigenvalue weighted by molar-refractivity contribution is 5.92. The molecular weight excluding hydrogens is 327 g/mol. The van der Waals surface area contributed by atoms with Crippen LogP contribution >= 0.6 is 0 Å². The number of aliphatic hydroxyl groups is 1. The summed E-state index contributed by atoms with van der Waals surface area (Å²) in [5, 5.41) is 12.5. The minimum atomic E-state index is -0.494. The number of halogens is 1. The number of ether oxygens (including phenoxy) is 1. The van der Waals surface area contributed by atoms with Gasteiger partial charge in [-0.25, -0.2) is 9.37 Å². The fourth-order valence-electron chi connectivity index (χ4n) is 3.25. The van der Waals surface area contributed by atoms with Gasteiger partial charge in [-0.05, 0) is 43.9 Å². The van der Waals surface area contributed by atoms with Gasteiger partial charge in [0.2, 0.25) is 5.76 Å². The molecule has 1 fully saturated rings. The van der Waals surface area contributed by atoms with Crippen LogP contribution in [0.25, 0.3) is 0 Å². The van der Waals surface area contributed by atoms with Crippen molar-refractivity contribution in [3.05, 3.63) is 46.9 Å². The van der Waals surface area contributed by atoms with Crippen LogP contribution in [0.1, 0.15) is 46.6 Å². The van der Waals surface area contributed by atoms with Crippen LogP contribution in [-0.2, 0) is 0 Å². The van der Waals surface area contributed by atoms with Gasteiger partial charge in [-0.15, -0.1) is 0 Å². The van der Waals surface area contributed by atoms with Gasteiger partial charge < -0.3 is 19.6 Å². The van der Waals surface area contributed by atoms with E-state index in [2.05, 4.69) is 10.3 Å². The van der Waals surface area contributed by atoms with E-state index < -0.39 is 23.9 Å². The predicted molar refractivity (Wildman–Crippen MR) is 87.9 cm³/mol. The van der Waals surface area contributed by atoms with Crippen LogP contribution in [0.2, 0.25) is 0 Å². The lowest BCUT2D eigenvalue weighted by atomic mass is 9.74. The number of hydrogen-bond donors (Lipinski definition) is 2. The number of aromatic nitrogens is 1. The summed E-state index contributed by atoms with van der Waals surface area (Å²) in [5.74, 6) is 0.175. The molecule has 1 unspecified atom stereocenters. The Morgan fingerprint density at radius 3 is 2.72 bits per heavy atom. The number of nitrogens with one attached hydrogen (secondary N) is 1. The largest absolute Gasteiger partial charge is 0.496 e. The molecule has 0 spiro atoms.